The highest BCUT2D eigenvalue weighted by Crippen LogP contribution is 2.23. The molecule has 0 saturated carbocycles. The normalized spacial score (nSPS) is 19.1. The van der Waals surface area contributed by atoms with Crippen LogP contribution in [0.3, 0.4) is 0 Å². The Morgan fingerprint density at radius 2 is 2.21 bits per heavy atom. The lowest BCUT2D eigenvalue weighted by atomic mass is 10.0. The van der Waals surface area contributed by atoms with E-state index in [9.17, 15) is 0 Å². The fourth-order valence-corrected chi connectivity index (χ4v) is 3.06. The van der Waals surface area contributed by atoms with Crippen molar-refractivity contribution < 1.29 is 4.74 Å². The summed E-state index contributed by atoms with van der Waals surface area (Å²) in [4.78, 5) is 9.41. The van der Waals surface area contributed by atoms with Crippen molar-refractivity contribution in [2.24, 2.45) is 11.8 Å². The molecule has 2 rings (SSSR count). The van der Waals surface area contributed by atoms with Gasteiger partial charge in [0.25, 0.3) is 0 Å². The molecule has 1 N–H and O–H groups in total. The molecular weight excluding hydrogens is 353 g/mol. The van der Waals surface area contributed by atoms with Crippen LogP contribution in [0.4, 0.5) is 5.82 Å². The SMILES string of the molecule is CNc1nc(CC2CCOC2)nc(CC(C)C)c1I. The fourth-order valence-electron chi connectivity index (χ4n) is 2.33. The van der Waals surface area contributed by atoms with Crippen LogP contribution < -0.4 is 5.32 Å². The van der Waals surface area contributed by atoms with Crippen LogP contribution in [0.1, 0.15) is 31.8 Å². The van der Waals surface area contributed by atoms with Gasteiger partial charge in [-0.1, -0.05) is 13.8 Å². The van der Waals surface area contributed by atoms with Crippen molar-refractivity contribution in [2.75, 3.05) is 25.6 Å². The summed E-state index contributed by atoms with van der Waals surface area (Å²) in [5, 5.41) is 3.18. The minimum absolute atomic E-state index is 0.580. The Kier molecular flexibility index (Phi) is 5.38. The van der Waals surface area contributed by atoms with Gasteiger partial charge in [0, 0.05) is 26.7 Å². The van der Waals surface area contributed by atoms with E-state index in [0.717, 1.165) is 47.7 Å². The van der Waals surface area contributed by atoms with Crippen LogP contribution in [-0.2, 0) is 17.6 Å². The summed E-state index contributed by atoms with van der Waals surface area (Å²) in [5.41, 5.74) is 1.17. The highest BCUT2D eigenvalue weighted by atomic mass is 127. The fraction of sp³-hybridized carbons (Fsp3) is 0.714. The molecule has 4 nitrogen and oxygen atoms in total. The number of nitrogens with zero attached hydrogens (tertiary/aromatic N) is 2. The lowest BCUT2D eigenvalue weighted by Gasteiger charge is -2.14. The van der Waals surface area contributed by atoms with E-state index in [1.807, 2.05) is 7.05 Å². The molecule has 1 unspecified atom stereocenters. The highest BCUT2D eigenvalue weighted by Gasteiger charge is 2.19. The molecule has 0 aromatic carbocycles. The van der Waals surface area contributed by atoms with E-state index in [1.54, 1.807) is 0 Å². The van der Waals surface area contributed by atoms with Gasteiger partial charge in [-0.25, -0.2) is 9.97 Å². The third-order valence-electron chi connectivity index (χ3n) is 3.30. The largest absolute Gasteiger partial charge is 0.381 e. The maximum absolute atomic E-state index is 5.43. The van der Waals surface area contributed by atoms with Gasteiger partial charge in [0.05, 0.1) is 9.26 Å². The lowest BCUT2D eigenvalue weighted by Crippen LogP contribution is -2.13. The minimum atomic E-state index is 0.580. The first-order valence-electron chi connectivity index (χ1n) is 6.91. The van der Waals surface area contributed by atoms with Crippen LogP contribution in [0.25, 0.3) is 0 Å². The number of anilines is 1. The Morgan fingerprint density at radius 1 is 1.42 bits per heavy atom. The maximum Gasteiger partial charge on any atom is 0.143 e. The van der Waals surface area contributed by atoms with Crippen LogP contribution in [-0.4, -0.2) is 30.2 Å². The zero-order valence-corrected chi connectivity index (χ0v) is 14.0. The Balaban J connectivity index is 2.22. The van der Waals surface area contributed by atoms with Crippen LogP contribution in [0.15, 0.2) is 0 Å². The van der Waals surface area contributed by atoms with Crippen molar-refractivity contribution in [3.8, 4) is 0 Å². The average molecular weight is 375 g/mol. The van der Waals surface area contributed by atoms with Gasteiger partial charge in [0.15, 0.2) is 0 Å². The molecule has 1 fully saturated rings. The predicted molar refractivity (Wildman–Crippen MR) is 85.5 cm³/mol. The first-order valence-corrected chi connectivity index (χ1v) is 7.98. The summed E-state index contributed by atoms with van der Waals surface area (Å²) in [5.74, 6) is 3.10. The summed E-state index contributed by atoms with van der Waals surface area (Å²) in [6.45, 7) is 6.18. The van der Waals surface area contributed by atoms with Gasteiger partial charge < -0.3 is 10.1 Å². The van der Waals surface area contributed by atoms with Crippen LogP contribution in [0.5, 0.6) is 0 Å². The van der Waals surface area contributed by atoms with E-state index in [2.05, 4.69) is 46.7 Å². The standard InChI is InChI=1S/C14H22IN3O/c1-9(2)6-11-13(15)14(16-3)18-12(17-11)7-10-4-5-19-8-10/h9-10H,4-8H2,1-3H3,(H,16,17,18). The number of hydrogen-bond acceptors (Lipinski definition) is 4. The molecule has 5 heteroatoms. The zero-order chi connectivity index (χ0) is 13.8. The molecule has 2 heterocycles. The summed E-state index contributed by atoms with van der Waals surface area (Å²) in [6, 6.07) is 0. The second-order valence-electron chi connectivity index (χ2n) is 5.53. The molecule has 19 heavy (non-hydrogen) atoms. The predicted octanol–water partition coefficient (Wildman–Crippen LogP) is 2.90. The van der Waals surface area contributed by atoms with Gasteiger partial charge in [-0.15, -0.1) is 0 Å². The molecule has 1 aliphatic rings. The van der Waals surface area contributed by atoms with Crippen molar-refractivity contribution in [3.63, 3.8) is 0 Å². The Bertz CT molecular complexity index is 431. The summed E-state index contributed by atoms with van der Waals surface area (Å²) in [6.07, 6.45) is 3.06. The number of rotatable bonds is 5. The quantitative estimate of drug-likeness (QED) is 0.804. The van der Waals surface area contributed by atoms with Gasteiger partial charge in [-0.3, -0.25) is 0 Å². The number of ether oxygens (including phenoxy) is 1. The van der Waals surface area contributed by atoms with Gasteiger partial charge >= 0.3 is 0 Å². The van der Waals surface area contributed by atoms with E-state index in [0.29, 0.717) is 11.8 Å². The lowest BCUT2D eigenvalue weighted by molar-refractivity contribution is 0.185. The van der Waals surface area contributed by atoms with Gasteiger partial charge in [-0.2, -0.15) is 0 Å². The van der Waals surface area contributed by atoms with E-state index in [-0.39, 0.29) is 0 Å². The molecule has 0 spiro atoms. The van der Waals surface area contributed by atoms with Crippen molar-refractivity contribution in [1.29, 1.82) is 0 Å². The maximum atomic E-state index is 5.43. The molecule has 1 saturated heterocycles. The average Bonchev–Trinajstić information content (AvgIpc) is 2.85. The number of nitrogens with one attached hydrogen (secondary N) is 1. The molecule has 0 aliphatic carbocycles. The molecule has 106 valence electrons. The summed E-state index contributed by atoms with van der Waals surface area (Å²) >= 11 is 2.34. The molecule has 1 aromatic rings. The highest BCUT2D eigenvalue weighted by molar-refractivity contribution is 14.1. The molecule has 1 atom stereocenters. The third-order valence-corrected chi connectivity index (χ3v) is 4.43. The zero-order valence-electron chi connectivity index (χ0n) is 11.9. The number of aromatic nitrogens is 2. The molecule has 1 aliphatic heterocycles. The van der Waals surface area contributed by atoms with Crippen LogP contribution in [0.2, 0.25) is 0 Å². The minimum Gasteiger partial charge on any atom is -0.381 e. The number of halogens is 1. The molecule has 1 aromatic heterocycles. The van der Waals surface area contributed by atoms with Crippen molar-refractivity contribution in [3.05, 3.63) is 15.1 Å². The smallest absolute Gasteiger partial charge is 0.143 e. The monoisotopic (exact) mass is 375 g/mol. The van der Waals surface area contributed by atoms with Crippen molar-refractivity contribution >= 4 is 28.4 Å². The van der Waals surface area contributed by atoms with Gasteiger partial charge in [0.2, 0.25) is 0 Å². The van der Waals surface area contributed by atoms with E-state index >= 15 is 0 Å². The topological polar surface area (TPSA) is 47.0 Å². The second-order valence-corrected chi connectivity index (χ2v) is 6.61. The first kappa shape index (κ1) is 15.0. The Hall–Kier alpha value is -0.430. The van der Waals surface area contributed by atoms with Gasteiger partial charge in [-0.05, 0) is 47.3 Å². The second kappa shape index (κ2) is 6.83. The van der Waals surface area contributed by atoms with E-state index in [1.165, 1.54) is 5.69 Å². The summed E-state index contributed by atoms with van der Waals surface area (Å²) in [7, 11) is 1.92. The Labute approximate surface area is 128 Å². The van der Waals surface area contributed by atoms with Crippen molar-refractivity contribution in [1.82, 2.24) is 9.97 Å². The Morgan fingerprint density at radius 3 is 2.79 bits per heavy atom. The van der Waals surface area contributed by atoms with E-state index < -0.39 is 0 Å². The van der Waals surface area contributed by atoms with Crippen molar-refractivity contribution in [2.45, 2.75) is 33.1 Å². The van der Waals surface area contributed by atoms with E-state index in [4.69, 9.17) is 9.72 Å². The summed E-state index contributed by atoms with van der Waals surface area (Å²) < 4.78 is 6.58. The molecule has 0 radical (unpaired) electrons. The molecular formula is C14H22IN3O. The van der Waals surface area contributed by atoms with Crippen LogP contribution >= 0.6 is 22.6 Å². The van der Waals surface area contributed by atoms with Crippen LogP contribution in [0, 0.1) is 15.4 Å². The molecule has 0 bridgehead atoms. The number of hydrogen-bond donors (Lipinski definition) is 1. The van der Waals surface area contributed by atoms with Gasteiger partial charge in [0.1, 0.15) is 11.6 Å². The third kappa shape index (κ3) is 4.02. The molecule has 0 amide bonds. The first-order chi connectivity index (χ1) is 9.10.